The van der Waals surface area contributed by atoms with E-state index in [1.54, 1.807) is 0 Å². The van der Waals surface area contributed by atoms with E-state index in [4.69, 9.17) is 4.74 Å². The first kappa shape index (κ1) is 20.9. The van der Waals surface area contributed by atoms with Gasteiger partial charge >= 0.3 is 0 Å². The molecule has 1 aliphatic heterocycles. The lowest BCUT2D eigenvalue weighted by molar-refractivity contribution is 0.436. The summed E-state index contributed by atoms with van der Waals surface area (Å²) in [4.78, 5) is 3.93. The van der Waals surface area contributed by atoms with Gasteiger partial charge in [-0.05, 0) is 34.4 Å². The van der Waals surface area contributed by atoms with Crippen molar-refractivity contribution in [3.63, 3.8) is 0 Å². The number of para-hydroxylation sites is 3. The molecule has 6 aromatic carbocycles. The summed E-state index contributed by atoms with van der Waals surface area (Å²) >= 11 is 0. The standard InChI is InChI=1S/C37H23NO/c1-2-11-23(12-3-1)24-14-10-15-25-26-21-22-31-34(36(26)38-35(24)25)27-13-4-5-16-28(27)37(31)29-17-6-8-19-32(29)39-33-20-9-7-18-30(33)37/h1-22,38H. The predicted octanol–water partition coefficient (Wildman–Crippen LogP) is 9.46. The van der Waals surface area contributed by atoms with Gasteiger partial charge in [0.15, 0.2) is 0 Å². The summed E-state index contributed by atoms with van der Waals surface area (Å²) in [5, 5.41) is 2.50. The number of aromatic amines is 1. The highest BCUT2D eigenvalue weighted by atomic mass is 16.5. The second-order valence-corrected chi connectivity index (χ2v) is 10.5. The molecule has 2 aliphatic rings. The molecule has 2 heteroatoms. The Kier molecular flexibility index (Phi) is 4.02. The Hall–Kier alpha value is -5.08. The third-order valence-electron chi connectivity index (χ3n) is 8.70. The zero-order valence-corrected chi connectivity index (χ0v) is 21.1. The second kappa shape index (κ2) is 7.49. The van der Waals surface area contributed by atoms with Gasteiger partial charge in [-0.25, -0.2) is 0 Å². The van der Waals surface area contributed by atoms with Gasteiger partial charge in [0.05, 0.1) is 16.4 Å². The summed E-state index contributed by atoms with van der Waals surface area (Å²) in [5.41, 5.74) is 11.9. The van der Waals surface area contributed by atoms with Crippen molar-refractivity contribution in [3.05, 3.63) is 156 Å². The van der Waals surface area contributed by atoms with Crippen LogP contribution in [-0.4, -0.2) is 4.98 Å². The fraction of sp³-hybridized carbons (Fsp3) is 0.0270. The van der Waals surface area contributed by atoms with Gasteiger partial charge in [-0.3, -0.25) is 0 Å². The van der Waals surface area contributed by atoms with Crippen molar-refractivity contribution in [3.8, 4) is 33.8 Å². The largest absolute Gasteiger partial charge is 0.457 e. The fourth-order valence-corrected chi connectivity index (χ4v) is 7.19. The zero-order chi connectivity index (χ0) is 25.6. The van der Waals surface area contributed by atoms with Crippen molar-refractivity contribution < 1.29 is 4.74 Å². The molecule has 2 nitrogen and oxygen atoms in total. The third-order valence-corrected chi connectivity index (χ3v) is 8.70. The van der Waals surface area contributed by atoms with Crippen molar-refractivity contribution in [2.45, 2.75) is 5.41 Å². The predicted molar refractivity (Wildman–Crippen MR) is 159 cm³/mol. The molecule has 2 heterocycles. The summed E-state index contributed by atoms with van der Waals surface area (Å²) in [7, 11) is 0. The highest BCUT2D eigenvalue weighted by molar-refractivity contribution is 6.17. The van der Waals surface area contributed by atoms with Crippen molar-refractivity contribution in [2.24, 2.45) is 0 Å². The van der Waals surface area contributed by atoms with Gasteiger partial charge in [-0.1, -0.05) is 121 Å². The molecule has 0 amide bonds. The molecule has 182 valence electrons. The Morgan fingerprint density at radius 1 is 0.436 bits per heavy atom. The second-order valence-electron chi connectivity index (χ2n) is 10.5. The lowest BCUT2D eigenvalue weighted by atomic mass is 9.66. The summed E-state index contributed by atoms with van der Waals surface area (Å²) in [5.74, 6) is 1.84. The van der Waals surface area contributed by atoms with Crippen LogP contribution in [0.25, 0.3) is 44.1 Å². The van der Waals surface area contributed by atoms with Crippen molar-refractivity contribution in [1.82, 2.24) is 4.98 Å². The number of fused-ring (bicyclic) bond motifs is 13. The van der Waals surface area contributed by atoms with E-state index in [1.807, 2.05) is 0 Å². The van der Waals surface area contributed by atoms with Gasteiger partial charge in [0, 0.05) is 33.0 Å². The van der Waals surface area contributed by atoms with Gasteiger partial charge in [0.25, 0.3) is 0 Å². The molecule has 0 saturated heterocycles. The van der Waals surface area contributed by atoms with E-state index in [1.165, 1.54) is 66.3 Å². The number of ether oxygens (including phenoxy) is 1. The molecular weight excluding hydrogens is 474 g/mol. The van der Waals surface area contributed by atoms with Gasteiger partial charge < -0.3 is 9.72 Å². The molecule has 0 radical (unpaired) electrons. The van der Waals surface area contributed by atoms with Crippen LogP contribution >= 0.6 is 0 Å². The van der Waals surface area contributed by atoms with Crippen LogP contribution in [0, 0.1) is 0 Å². The number of nitrogens with one attached hydrogen (secondary N) is 1. The van der Waals surface area contributed by atoms with Crippen molar-refractivity contribution in [2.75, 3.05) is 0 Å². The first-order valence-corrected chi connectivity index (χ1v) is 13.5. The van der Waals surface area contributed by atoms with Crippen LogP contribution in [0.1, 0.15) is 22.3 Å². The Labute approximate surface area is 226 Å². The highest BCUT2D eigenvalue weighted by Crippen LogP contribution is 2.63. The van der Waals surface area contributed by atoms with Gasteiger partial charge in [0.2, 0.25) is 0 Å². The van der Waals surface area contributed by atoms with Crippen LogP contribution in [0.4, 0.5) is 0 Å². The van der Waals surface area contributed by atoms with Crippen LogP contribution in [-0.2, 0) is 5.41 Å². The van der Waals surface area contributed by atoms with E-state index >= 15 is 0 Å². The Morgan fingerprint density at radius 2 is 1.05 bits per heavy atom. The van der Waals surface area contributed by atoms with Crippen LogP contribution in [0.2, 0.25) is 0 Å². The average Bonchev–Trinajstić information content (AvgIpc) is 3.52. The monoisotopic (exact) mass is 497 g/mol. The smallest absolute Gasteiger partial charge is 0.132 e. The number of aromatic nitrogens is 1. The van der Waals surface area contributed by atoms with Gasteiger partial charge in [0.1, 0.15) is 11.5 Å². The van der Waals surface area contributed by atoms with E-state index in [0.29, 0.717) is 0 Å². The summed E-state index contributed by atoms with van der Waals surface area (Å²) in [6, 6.07) is 47.9. The van der Waals surface area contributed by atoms with Gasteiger partial charge in [-0.15, -0.1) is 0 Å². The zero-order valence-electron chi connectivity index (χ0n) is 21.1. The average molecular weight is 498 g/mol. The minimum atomic E-state index is -0.453. The highest BCUT2D eigenvalue weighted by Gasteiger charge is 2.51. The molecule has 0 atom stereocenters. The minimum Gasteiger partial charge on any atom is -0.457 e. The number of rotatable bonds is 1. The van der Waals surface area contributed by atoms with E-state index < -0.39 is 5.41 Å². The van der Waals surface area contributed by atoms with E-state index in [-0.39, 0.29) is 0 Å². The quantitative estimate of drug-likeness (QED) is 0.240. The normalized spacial score (nSPS) is 14.1. The van der Waals surface area contributed by atoms with Crippen LogP contribution in [0.5, 0.6) is 11.5 Å². The maximum absolute atomic E-state index is 6.49. The molecule has 1 spiro atoms. The summed E-state index contributed by atoms with van der Waals surface area (Å²) in [6.07, 6.45) is 0. The topological polar surface area (TPSA) is 25.0 Å². The molecule has 1 aliphatic carbocycles. The molecule has 1 N–H and O–H groups in total. The lowest BCUT2D eigenvalue weighted by Crippen LogP contribution is -2.32. The molecule has 0 fully saturated rings. The molecule has 0 unspecified atom stereocenters. The van der Waals surface area contributed by atoms with Crippen molar-refractivity contribution >= 4 is 21.8 Å². The SMILES string of the molecule is c1ccc(-c2cccc3c2[nH]c2c4c(ccc23)C2(c3ccccc3Oc3ccccc32)c2ccccc2-4)cc1. The fourth-order valence-electron chi connectivity index (χ4n) is 7.19. The summed E-state index contributed by atoms with van der Waals surface area (Å²) < 4.78 is 6.49. The Bertz CT molecular complexity index is 2050. The molecule has 1 aromatic heterocycles. The van der Waals surface area contributed by atoms with E-state index in [0.717, 1.165) is 11.5 Å². The number of hydrogen-bond acceptors (Lipinski definition) is 1. The number of benzene rings is 6. The summed E-state index contributed by atoms with van der Waals surface area (Å²) in [6.45, 7) is 0. The number of H-pyrrole nitrogens is 1. The molecule has 7 aromatic rings. The minimum absolute atomic E-state index is 0.453. The van der Waals surface area contributed by atoms with Crippen LogP contribution < -0.4 is 4.74 Å². The molecule has 0 saturated carbocycles. The van der Waals surface area contributed by atoms with Crippen LogP contribution in [0.3, 0.4) is 0 Å². The maximum Gasteiger partial charge on any atom is 0.132 e. The maximum atomic E-state index is 6.49. The van der Waals surface area contributed by atoms with Crippen LogP contribution in [0.15, 0.2) is 133 Å². The number of hydrogen-bond donors (Lipinski definition) is 1. The van der Waals surface area contributed by atoms with Gasteiger partial charge in [-0.2, -0.15) is 0 Å². The first-order valence-electron chi connectivity index (χ1n) is 13.5. The third kappa shape index (κ3) is 2.56. The molecule has 0 bridgehead atoms. The van der Waals surface area contributed by atoms with E-state index in [9.17, 15) is 0 Å². The van der Waals surface area contributed by atoms with Crippen molar-refractivity contribution in [1.29, 1.82) is 0 Å². The lowest BCUT2D eigenvalue weighted by Gasteiger charge is -2.39. The molecular formula is C37H23NO. The Morgan fingerprint density at radius 3 is 1.82 bits per heavy atom. The Balaban J connectivity index is 1.45. The first-order chi connectivity index (χ1) is 19.4. The molecule has 9 rings (SSSR count). The molecule has 39 heavy (non-hydrogen) atoms. The van der Waals surface area contributed by atoms with E-state index in [2.05, 4.69) is 138 Å².